The standard InChI is InChI=1S/C15H20BrNO4/c1-20-11-7-10(8-12(21-2)13(11)16)14(18)17-9-15(19)5-3-4-6-15/h7-8,19H,3-6,9H2,1-2H3,(H,17,18). The predicted molar refractivity (Wildman–Crippen MR) is 83.0 cm³/mol. The molecule has 0 spiro atoms. The van der Waals surface area contributed by atoms with E-state index in [1.165, 1.54) is 14.2 Å². The lowest BCUT2D eigenvalue weighted by molar-refractivity contribution is 0.0449. The van der Waals surface area contributed by atoms with Crippen LogP contribution < -0.4 is 14.8 Å². The maximum atomic E-state index is 12.2. The molecule has 21 heavy (non-hydrogen) atoms. The lowest BCUT2D eigenvalue weighted by atomic mass is 10.0. The molecule has 0 heterocycles. The smallest absolute Gasteiger partial charge is 0.251 e. The Labute approximate surface area is 132 Å². The topological polar surface area (TPSA) is 67.8 Å². The second-order valence-electron chi connectivity index (χ2n) is 5.31. The molecule has 0 aromatic heterocycles. The SMILES string of the molecule is COc1cc(C(=O)NCC2(O)CCCC2)cc(OC)c1Br. The number of benzene rings is 1. The summed E-state index contributed by atoms with van der Waals surface area (Å²) < 4.78 is 11.1. The fraction of sp³-hybridized carbons (Fsp3) is 0.533. The molecule has 116 valence electrons. The molecule has 0 radical (unpaired) electrons. The third-order valence-corrected chi connectivity index (χ3v) is 4.60. The van der Waals surface area contributed by atoms with E-state index in [1.54, 1.807) is 12.1 Å². The van der Waals surface area contributed by atoms with E-state index in [4.69, 9.17) is 9.47 Å². The van der Waals surface area contributed by atoms with Gasteiger partial charge in [0.1, 0.15) is 16.0 Å². The van der Waals surface area contributed by atoms with E-state index in [0.717, 1.165) is 25.7 Å². The second kappa shape index (κ2) is 6.66. The molecule has 1 aliphatic carbocycles. The Morgan fingerprint density at radius 1 is 1.29 bits per heavy atom. The van der Waals surface area contributed by atoms with Gasteiger partial charge >= 0.3 is 0 Å². The van der Waals surface area contributed by atoms with Gasteiger partial charge in [-0.1, -0.05) is 12.8 Å². The van der Waals surface area contributed by atoms with Gasteiger partial charge in [0.2, 0.25) is 0 Å². The lowest BCUT2D eigenvalue weighted by Gasteiger charge is -2.22. The number of carbonyl (C=O) groups excluding carboxylic acids is 1. The number of ether oxygens (including phenoxy) is 2. The highest BCUT2D eigenvalue weighted by Crippen LogP contribution is 2.35. The number of nitrogens with one attached hydrogen (secondary N) is 1. The minimum Gasteiger partial charge on any atom is -0.495 e. The Kier molecular flexibility index (Phi) is 5.11. The monoisotopic (exact) mass is 357 g/mol. The Bertz CT molecular complexity index is 501. The van der Waals surface area contributed by atoms with Crippen molar-refractivity contribution >= 4 is 21.8 Å². The van der Waals surface area contributed by atoms with Gasteiger partial charge in [0.15, 0.2) is 0 Å². The van der Waals surface area contributed by atoms with Gasteiger partial charge in [-0.15, -0.1) is 0 Å². The van der Waals surface area contributed by atoms with E-state index in [-0.39, 0.29) is 12.5 Å². The summed E-state index contributed by atoms with van der Waals surface area (Å²) >= 11 is 3.36. The van der Waals surface area contributed by atoms with E-state index >= 15 is 0 Å². The first-order valence-corrected chi connectivity index (χ1v) is 7.70. The molecule has 0 unspecified atom stereocenters. The van der Waals surface area contributed by atoms with Crippen LogP contribution in [0.3, 0.4) is 0 Å². The number of methoxy groups -OCH3 is 2. The third kappa shape index (κ3) is 3.68. The number of amides is 1. The molecule has 1 aliphatic rings. The minimum atomic E-state index is -0.765. The number of hydrogen-bond donors (Lipinski definition) is 2. The van der Waals surface area contributed by atoms with Crippen molar-refractivity contribution in [1.82, 2.24) is 5.32 Å². The van der Waals surface area contributed by atoms with Crippen LogP contribution in [0.15, 0.2) is 16.6 Å². The molecule has 0 aliphatic heterocycles. The summed E-state index contributed by atoms with van der Waals surface area (Å²) in [7, 11) is 3.06. The average Bonchev–Trinajstić information content (AvgIpc) is 2.92. The van der Waals surface area contributed by atoms with Crippen molar-refractivity contribution in [2.75, 3.05) is 20.8 Å². The second-order valence-corrected chi connectivity index (χ2v) is 6.10. The lowest BCUT2D eigenvalue weighted by Crippen LogP contribution is -2.40. The van der Waals surface area contributed by atoms with Crippen molar-refractivity contribution in [2.45, 2.75) is 31.3 Å². The fourth-order valence-electron chi connectivity index (χ4n) is 2.56. The Hall–Kier alpha value is -1.27. The molecule has 1 saturated carbocycles. The summed E-state index contributed by atoms with van der Waals surface area (Å²) in [6.45, 7) is 0.270. The molecular weight excluding hydrogens is 338 g/mol. The van der Waals surface area contributed by atoms with Crippen LogP contribution in [-0.2, 0) is 0 Å². The Balaban J connectivity index is 2.11. The van der Waals surface area contributed by atoms with Gasteiger partial charge in [0.05, 0.1) is 19.8 Å². The molecule has 0 bridgehead atoms. The van der Waals surface area contributed by atoms with Crippen LogP contribution in [0.5, 0.6) is 11.5 Å². The number of aliphatic hydroxyl groups is 1. The van der Waals surface area contributed by atoms with Crippen LogP contribution in [0, 0.1) is 0 Å². The molecule has 1 amide bonds. The quantitative estimate of drug-likeness (QED) is 0.849. The third-order valence-electron chi connectivity index (χ3n) is 3.82. The molecule has 1 aromatic carbocycles. The number of carbonyl (C=O) groups is 1. The van der Waals surface area contributed by atoms with Crippen molar-refractivity contribution in [3.05, 3.63) is 22.2 Å². The van der Waals surface area contributed by atoms with Crippen molar-refractivity contribution < 1.29 is 19.4 Å². The van der Waals surface area contributed by atoms with Crippen LogP contribution in [-0.4, -0.2) is 37.4 Å². The van der Waals surface area contributed by atoms with Gasteiger partial charge in [-0.3, -0.25) is 4.79 Å². The summed E-state index contributed by atoms with van der Waals surface area (Å²) in [4.78, 5) is 12.2. The predicted octanol–water partition coefficient (Wildman–Crippen LogP) is 2.50. The zero-order valence-electron chi connectivity index (χ0n) is 12.2. The van der Waals surface area contributed by atoms with Crippen LogP contribution >= 0.6 is 15.9 Å². The first kappa shape index (κ1) is 16.1. The highest BCUT2D eigenvalue weighted by Gasteiger charge is 2.31. The van der Waals surface area contributed by atoms with Crippen molar-refractivity contribution in [3.8, 4) is 11.5 Å². The first-order chi connectivity index (χ1) is 9.99. The Morgan fingerprint density at radius 3 is 2.29 bits per heavy atom. The van der Waals surface area contributed by atoms with E-state index < -0.39 is 5.60 Å². The molecule has 0 atom stereocenters. The van der Waals surface area contributed by atoms with E-state index in [0.29, 0.717) is 21.5 Å². The molecule has 5 nitrogen and oxygen atoms in total. The molecule has 1 fully saturated rings. The van der Waals surface area contributed by atoms with Crippen LogP contribution in [0.1, 0.15) is 36.0 Å². The van der Waals surface area contributed by atoms with E-state index in [1.807, 2.05) is 0 Å². The highest BCUT2D eigenvalue weighted by molar-refractivity contribution is 9.10. The van der Waals surface area contributed by atoms with Crippen LogP contribution in [0.2, 0.25) is 0 Å². The van der Waals surface area contributed by atoms with Gasteiger partial charge in [-0.2, -0.15) is 0 Å². The zero-order chi connectivity index (χ0) is 15.5. The highest BCUT2D eigenvalue weighted by atomic mass is 79.9. The van der Waals surface area contributed by atoms with Gasteiger partial charge in [-0.25, -0.2) is 0 Å². The normalized spacial score (nSPS) is 16.6. The van der Waals surface area contributed by atoms with E-state index in [9.17, 15) is 9.90 Å². The molecule has 2 N–H and O–H groups in total. The van der Waals surface area contributed by atoms with Gasteiger partial charge in [0, 0.05) is 12.1 Å². The fourth-order valence-corrected chi connectivity index (χ4v) is 3.11. The molecule has 2 rings (SSSR count). The molecular formula is C15H20BrNO4. The summed E-state index contributed by atoms with van der Waals surface area (Å²) in [5.74, 6) is 0.803. The zero-order valence-corrected chi connectivity index (χ0v) is 13.8. The Morgan fingerprint density at radius 2 is 1.81 bits per heavy atom. The summed E-state index contributed by atoms with van der Waals surface area (Å²) in [6.07, 6.45) is 3.49. The first-order valence-electron chi connectivity index (χ1n) is 6.91. The van der Waals surface area contributed by atoms with Gasteiger partial charge in [0.25, 0.3) is 5.91 Å². The summed E-state index contributed by atoms with van der Waals surface area (Å²) in [6, 6.07) is 3.28. The molecule has 6 heteroatoms. The summed E-state index contributed by atoms with van der Waals surface area (Å²) in [5.41, 5.74) is -0.326. The largest absolute Gasteiger partial charge is 0.495 e. The molecule has 0 saturated heterocycles. The number of hydrogen-bond acceptors (Lipinski definition) is 4. The summed E-state index contributed by atoms with van der Waals surface area (Å²) in [5, 5.41) is 13.0. The van der Waals surface area contributed by atoms with Gasteiger partial charge < -0.3 is 19.9 Å². The maximum Gasteiger partial charge on any atom is 0.251 e. The van der Waals surface area contributed by atoms with Crippen LogP contribution in [0.4, 0.5) is 0 Å². The molecule has 1 aromatic rings. The average molecular weight is 358 g/mol. The van der Waals surface area contributed by atoms with Gasteiger partial charge in [-0.05, 0) is 40.9 Å². The maximum absolute atomic E-state index is 12.2. The van der Waals surface area contributed by atoms with Crippen molar-refractivity contribution in [2.24, 2.45) is 0 Å². The van der Waals surface area contributed by atoms with Crippen molar-refractivity contribution in [3.63, 3.8) is 0 Å². The van der Waals surface area contributed by atoms with Crippen LogP contribution in [0.25, 0.3) is 0 Å². The minimum absolute atomic E-state index is 0.251. The van der Waals surface area contributed by atoms with E-state index in [2.05, 4.69) is 21.2 Å². The van der Waals surface area contributed by atoms with Crippen molar-refractivity contribution in [1.29, 1.82) is 0 Å². The number of rotatable bonds is 5. The number of halogens is 1.